The maximum absolute atomic E-state index is 2.37. The summed E-state index contributed by atoms with van der Waals surface area (Å²) in [6.45, 7) is 12.7. The van der Waals surface area contributed by atoms with Crippen LogP contribution in [0.1, 0.15) is 131 Å². The average Bonchev–Trinajstić information content (AvgIpc) is 2.69. The molecule has 0 aliphatic heterocycles. The van der Waals surface area contributed by atoms with Gasteiger partial charge in [0.2, 0.25) is 0 Å². The molecule has 0 spiro atoms. The first kappa shape index (κ1) is 30.6. The SMILES string of the molecule is C1CCC(C2CCCCC2)CC1.CC.CC.CC1CCC(C)CC1.O.O. The fraction of sp³-hybridized carbons (Fsp3) is 1.00. The van der Waals surface area contributed by atoms with Crippen molar-refractivity contribution in [2.75, 3.05) is 0 Å². The number of hydrogen-bond acceptors (Lipinski definition) is 0. The summed E-state index contributed by atoms with van der Waals surface area (Å²) in [5.74, 6) is 4.32. The van der Waals surface area contributed by atoms with Crippen LogP contribution in [0.2, 0.25) is 0 Å². The Morgan fingerprint density at radius 2 is 0.615 bits per heavy atom. The maximum atomic E-state index is 2.37. The van der Waals surface area contributed by atoms with Crippen molar-refractivity contribution < 1.29 is 11.0 Å². The Kier molecular flexibility index (Phi) is 25.0. The van der Waals surface area contributed by atoms with Gasteiger partial charge in [-0.2, -0.15) is 0 Å². The lowest BCUT2D eigenvalue weighted by Gasteiger charge is -2.32. The third kappa shape index (κ3) is 14.0. The second kappa shape index (κ2) is 21.2. The second-order valence-corrected chi connectivity index (χ2v) is 8.16. The van der Waals surface area contributed by atoms with E-state index in [1.807, 2.05) is 27.7 Å². The van der Waals surface area contributed by atoms with Gasteiger partial charge in [-0.25, -0.2) is 0 Å². The molecule has 0 radical (unpaired) electrons. The van der Waals surface area contributed by atoms with E-state index >= 15 is 0 Å². The Labute approximate surface area is 166 Å². The molecular formula is C24H54O2. The standard InChI is InChI=1S/C12H22.C8H16.2C2H6.2H2O/c1-3-7-11(8-4-1)12-9-5-2-6-10-12;1-7-3-5-8(2)6-4-7;2*1-2;;/h11-12H,1-10H2;7-8H,3-6H2,1-2H3;2*1-2H3;2*1H2. The lowest BCUT2D eigenvalue weighted by Crippen LogP contribution is -2.20. The fourth-order valence-electron chi connectivity index (χ4n) is 4.64. The lowest BCUT2D eigenvalue weighted by atomic mass is 9.73. The smallest absolute Gasteiger partial charge is 0.0386 e. The van der Waals surface area contributed by atoms with E-state index in [0.29, 0.717) is 0 Å². The van der Waals surface area contributed by atoms with Gasteiger partial charge in [-0.15, -0.1) is 0 Å². The largest absolute Gasteiger partial charge is 0.412 e. The Hall–Kier alpha value is -0.0800. The zero-order valence-electron chi connectivity index (χ0n) is 19.2. The molecule has 0 aromatic carbocycles. The molecule has 2 heteroatoms. The summed E-state index contributed by atoms with van der Waals surface area (Å²) in [7, 11) is 0. The molecule has 0 unspecified atom stereocenters. The third-order valence-corrected chi connectivity index (χ3v) is 6.27. The molecule has 3 aliphatic rings. The summed E-state index contributed by atoms with van der Waals surface area (Å²) in [6.07, 6.45) is 21.3. The fourth-order valence-corrected chi connectivity index (χ4v) is 4.64. The first-order valence-electron chi connectivity index (χ1n) is 11.8. The van der Waals surface area contributed by atoms with Crippen LogP contribution in [0, 0.1) is 23.7 Å². The van der Waals surface area contributed by atoms with Gasteiger partial charge in [0, 0.05) is 0 Å². The highest BCUT2D eigenvalue weighted by Crippen LogP contribution is 2.37. The highest BCUT2D eigenvalue weighted by Gasteiger charge is 2.24. The highest BCUT2D eigenvalue weighted by molar-refractivity contribution is 4.76. The number of rotatable bonds is 1. The minimum Gasteiger partial charge on any atom is -0.412 e. The molecule has 0 amide bonds. The van der Waals surface area contributed by atoms with Gasteiger partial charge in [0.15, 0.2) is 0 Å². The summed E-state index contributed by atoms with van der Waals surface area (Å²) >= 11 is 0. The molecule has 4 N–H and O–H groups in total. The topological polar surface area (TPSA) is 63.0 Å². The molecule has 0 aromatic rings. The minimum absolute atomic E-state index is 0. The first-order chi connectivity index (χ1) is 11.8. The monoisotopic (exact) mass is 374 g/mol. The van der Waals surface area contributed by atoms with Gasteiger partial charge in [-0.05, 0) is 23.7 Å². The van der Waals surface area contributed by atoms with Crippen molar-refractivity contribution in [1.29, 1.82) is 0 Å². The van der Waals surface area contributed by atoms with Crippen LogP contribution in [0.15, 0.2) is 0 Å². The van der Waals surface area contributed by atoms with Crippen LogP contribution in [0.5, 0.6) is 0 Å². The van der Waals surface area contributed by atoms with Crippen molar-refractivity contribution in [2.24, 2.45) is 23.7 Å². The molecule has 0 saturated heterocycles. The van der Waals surface area contributed by atoms with Gasteiger partial charge in [-0.1, -0.05) is 131 Å². The second-order valence-electron chi connectivity index (χ2n) is 8.16. The Balaban J connectivity index is -0.000000335. The minimum atomic E-state index is 0. The van der Waals surface area contributed by atoms with Gasteiger partial charge in [-0.3, -0.25) is 0 Å². The van der Waals surface area contributed by atoms with Crippen LogP contribution >= 0.6 is 0 Å². The van der Waals surface area contributed by atoms with E-state index in [2.05, 4.69) is 13.8 Å². The predicted octanol–water partition coefficient (Wildman–Crippen LogP) is 7.38. The summed E-state index contributed by atoms with van der Waals surface area (Å²) in [6, 6.07) is 0. The zero-order valence-corrected chi connectivity index (χ0v) is 19.2. The van der Waals surface area contributed by atoms with Crippen molar-refractivity contribution in [3.05, 3.63) is 0 Å². The van der Waals surface area contributed by atoms with E-state index in [-0.39, 0.29) is 11.0 Å². The molecule has 26 heavy (non-hydrogen) atoms. The average molecular weight is 375 g/mol. The van der Waals surface area contributed by atoms with Gasteiger partial charge in [0.25, 0.3) is 0 Å². The normalized spacial score (nSPS) is 26.1. The van der Waals surface area contributed by atoms with Crippen LogP contribution in [-0.4, -0.2) is 11.0 Å². The van der Waals surface area contributed by atoms with Crippen LogP contribution in [0.25, 0.3) is 0 Å². The molecule has 2 nitrogen and oxygen atoms in total. The number of hydrogen-bond donors (Lipinski definition) is 0. The van der Waals surface area contributed by atoms with E-state index in [0.717, 1.165) is 23.7 Å². The first-order valence-corrected chi connectivity index (χ1v) is 11.8. The van der Waals surface area contributed by atoms with E-state index in [1.165, 1.54) is 64.2 Å². The van der Waals surface area contributed by atoms with Gasteiger partial charge in [0.1, 0.15) is 0 Å². The molecule has 3 saturated carbocycles. The van der Waals surface area contributed by atoms with Crippen LogP contribution < -0.4 is 0 Å². The molecule has 0 aromatic heterocycles. The van der Waals surface area contributed by atoms with Gasteiger partial charge in [0.05, 0.1) is 0 Å². The van der Waals surface area contributed by atoms with E-state index in [9.17, 15) is 0 Å². The van der Waals surface area contributed by atoms with E-state index < -0.39 is 0 Å². The van der Waals surface area contributed by atoms with Crippen molar-refractivity contribution in [2.45, 2.75) is 131 Å². The molecular weight excluding hydrogens is 320 g/mol. The van der Waals surface area contributed by atoms with Crippen LogP contribution in [-0.2, 0) is 0 Å². The Morgan fingerprint density at radius 3 is 0.846 bits per heavy atom. The van der Waals surface area contributed by atoms with Crippen LogP contribution in [0.4, 0.5) is 0 Å². The Morgan fingerprint density at radius 1 is 0.385 bits per heavy atom. The third-order valence-electron chi connectivity index (χ3n) is 6.27. The Bertz CT molecular complexity index is 209. The van der Waals surface area contributed by atoms with Crippen molar-refractivity contribution in [3.8, 4) is 0 Å². The molecule has 0 bridgehead atoms. The van der Waals surface area contributed by atoms with Gasteiger partial charge >= 0.3 is 0 Å². The van der Waals surface area contributed by atoms with Gasteiger partial charge < -0.3 is 11.0 Å². The van der Waals surface area contributed by atoms with Crippen molar-refractivity contribution in [3.63, 3.8) is 0 Å². The van der Waals surface area contributed by atoms with Crippen LogP contribution in [0.3, 0.4) is 0 Å². The summed E-state index contributed by atoms with van der Waals surface area (Å²) in [4.78, 5) is 0. The molecule has 0 atom stereocenters. The highest BCUT2D eigenvalue weighted by atomic mass is 16.0. The summed E-state index contributed by atoms with van der Waals surface area (Å²) in [5, 5.41) is 0. The lowest BCUT2D eigenvalue weighted by molar-refractivity contribution is 0.196. The summed E-state index contributed by atoms with van der Waals surface area (Å²) < 4.78 is 0. The molecule has 162 valence electrons. The zero-order chi connectivity index (χ0) is 18.2. The quantitative estimate of drug-likeness (QED) is 0.459. The summed E-state index contributed by atoms with van der Waals surface area (Å²) in [5.41, 5.74) is 0. The maximum Gasteiger partial charge on any atom is -0.0386 e. The van der Waals surface area contributed by atoms with E-state index in [1.54, 1.807) is 25.7 Å². The van der Waals surface area contributed by atoms with Crippen molar-refractivity contribution in [1.82, 2.24) is 0 Å². The molecule has 3 aliphatic carbocycles. The predicted molar refractivity (Wildman–Crippen MR) is 120 cm³/mol. The molecule has 0 heterocycles. The molecule has 3 rings (SSSR count). The van der Waals surface area contributed by atoms with E-state index in [4.69, 9.17) is 0 Å². The van der Waals surface area contributed by atoms with Crippen molar-refractivity contribution >= 4 is 0 Å². The molecule has 3 fully saturated rings.